The molecule has 0 radical (unpaired) electrons. The molecule has 0 aliphatic carbocycles. The molecule has 0 spiro atoms. The van der Waals surface area contributed by atoms with Crippen LogP contribution in [0.1, 0.15) is 54.8 Å². The van der Waals surface area contributed by atoms with E-state index in [1.54, 1.807) is 11.3 Å². The van der Waals surface area contributed by atoms with Crippen molar-refractivity contribution in [3.8, 4) is 0 Å². The maximum Gasteiger partial charge on any atom is 0.0780 e. The second-order valence-electron chi connectivity index (χ2n) is 5.97. The zero-order valence-corrected chi connectivity index (χ0v) is 14.9. The summed E-state index contributed by atoms with van der Waals surface area (Å²) in [7, 11) is 0. The van der Waals surface area contributed by atoms with E-state index in [0.717, 1.165) is 18.0 Å². The molecule has 1 N–H and O–H groups in total. The van der Waals surface area contributed by atoms with Gasteiger partial charge in [-0.2, -0.15) is 0 Å². The third-order valence-electron chi connectivity index (χ3n) is 3.16. The van der Waals surface area contributed by atoms with Crippen molar-refractivity contribution in [2.75, 3.05) is 6.54 Å². The standard InChI is InChI=1S/C16H22ClNS2/c1-5-9-18-14(15-11(17)8-10-19-15)12-6-7-13(20-12)16(2,3)4/h6-8,10,14,18H,5,9H2,1-4H3. The summed E-state index contributed by atoms with van der Waals surface area (Å²) in [5.41, 5.74) is 0.206. The zero-order valence-electron chi connectivity index (χ0n) is 12.5. The van der Waals surface area contributed by atoms with E-state index in [4.69, 9.17) is 11.6 Å². The summed E-state index contributed by atoms with van der Waals surface area (Å²) in [6.45, 7) is 9.97. The maximum atomic E-state index is 6.34. The van der Waals surface area contributed by atoms with Gasteiger partial charge in [0, 0.05) is 14.6 Å². The Morgan fingerprint density at radius 2 is 2.00 bits per heavy atom. The molecule has 0 aliphatic heterocycles. The van der Waals surface area contributed by atoms with Crippen LogP contribution in [0.25, 0.3) is 0 Å². The number of hydrogen-bond acceptors (Lipinski definition) is 3. The molecule has 0 aliphatic rings. The Balaban J connectivity index is 2.32. The minimum absolute atomic E-state index is 0.206. The molecular weight excluding hydrogens is 306 g/mol. The molecule has 0 saturated heterocycles. The molecule has 1 atom stereocenters. The Labute approximate surface area is 135 Å². The van der Waals surface area contributed by atoms with Crippen LogP contribution in [0.3, 0.4) is 0 Å². The molecule has 0 bridgehead atoms. The SMILES string of the molecule is CCCNC(c1ccc(C(C)(C)C)s1)c1sccc1Cl. The highest BCUT2D eigenvalue weighted by Crippen LogP contribution is 2.38. The van der Waals surface area contributed by atoms with Gasteiger partial charge in [-0.1, -0.05) is 39.3 Å². The van der Waals surface area contributed by atoms with Crippen molar-refractivity contribution >= 4 is 34.3 Å². The van der Waals surface area contributed by atoms with Crippen molar-refractivity contribution in [1.29, 1.82) is 0 Å². The van der Waals surface area contributed by atoms with Crippen molar-refractivity contribution in [1.82, 2.24) is 5.32 Å². The lowest BCUT2D eigenvalue weighted by Gasteiger charge is -2.18. The average Bonchev–Trinajstić information content (AvgIpc) is 2.99. The molecular formula is C16H22ClNS2. The highest BCUT2D eigenvalue weighted by molar-refractivity contribution is 7.13. The van der Waals surface area contributed by atoms with Crippen LogP contribution in [-0.4, -0.2) is 6.54 Å². The van der Waals surface area contributed by atoms with Gasteiger partial charge in [-0.3, -0.25) is 0 Å². The molecule has 110 valence electrons. The van der Waals surface area contributed by atoms with E-state index >= 15 is 0 Å². The first-order valence-electron chi connectivity index (χ1n) is 7.00. The van der Waals surface area contributed by atoms with Crippen molar-refractivity contribution in [2.45, 2.75) is 45.6 Å². The molecule has 0 aromatic carbocycles. The van der Waals surface area contributed by atoms with Crippen LogP contribution in [0.4, 0.5) is 0 Å². The molecule has 0 saturated carbocycles. The van der Waals surface area contributed by atoms with Gasteiger partial charge in [-0.15, -0.1) is 22.7 Å². The summed E-state index contributed by atoms with van der Waals surface area (Å²) in [6, 6.07) is 6.71. The normalized spacial score (nSPS) is 13.7. The molecule has 0 fully saturated rings. The summed E-state index contributed by atoms with van der Waals surface area (Å²) in [6.07, 6.45) is 1.12. The van der Waals surface area contributed by atoms with Gasteiger partial charge < -0.3 is 5.32 Å². The van der Waals surface area contributed by atoms with Gasteiger partial charge in [0.1, 0.15) is 0 Å². The quantitative estimate of drug-likeness (QED) is 0.726. The number of rotatable bonds is 5. The molecule has 20 heavy (non-hydrogen) atoms. The summed E-state index contributed by atoms with van der Waals surface area (Å²) >= 11 is 9.96. The number of halogens is 1. The van der Waals surface area contributed by atoms with Gasteiger partial charge in [-0.05, 0) is 42.0 Å². The van der Waals surface area contributed by atoms with E-state index in [-0.39, 0.29) is 11.5 Å². The van der Waals surface area contributed by atoms with E-state index in [0.29, 0.717) is 0 Å². The van der Waals surface area contributed by atoms with Gasteiger partial charge in [0.2, 0.25) is 0 Å². The van der Waals surface area contributed by atoms with Gasteiger partial charge in [0.05, 0.1) is 11.1 Å². The Kier molecular flexibility index (Phi) is 5.30. The molecule has 1 nitrogen and oxygen atoms in total. The minimum Gasteiger partial charge on any atom is -0.305 e. The second kappa shape index (κ2) is 6.61. The molecule has 4 heteroatoms. The molecule has 2 rings (SSSR count). The first-order valence-corrected chi connectivity index (χ1v) is 9.07. The minimum atomic E-state index is 0.206. The summed E-state index contributed by atoms with van der Waals surface area (Å²) in [5, 5.41) is 6.57. The lowest BCUT2D eigenvalue weighted by Crippen LogP contribution is -2.21. The molecule has 1 unspecified atom stereocenters. The molecule has 2 aromatic rings. The highest BCUT2D eigenvalue weighted by atomic mass is 35.5. The van der Waals surface area contributed by atoms with E-state index in [1.807, 2.05) is 17.4 Å². The first-order chi connectivity index (χ1) is 9.43. The van der Waals surface area contributed by atoms with Gasteiger partial charge in [-0.25, -0.2) is 0 Å². The summed E-state index contributed by atoms with van der Waals surface area (Å²) in [4.78, 5) is 4.00. The Bertz CT molecular complexity index is 551. The summed E-state index contributed by atoms with van der Waals surface area (Å²) < 4.78 is 0. The van der Waals surface area contributed by atoms with E-state index in [1.165, 1.54) is 14.6 Å². The second-order valence-corrected chi connectivity index (χ2v) is 8.44. The van der Waals surface area contributed by atoms with Crippen LogP contribution in [0, 0.1) is 0 Å². The number of nitrogens with one attached hydrogen (secondary N) is 1. The van der Waals surface area contributed by atoms with Crippen LogP contribution in [0.2, 0.25) is 5.02 Å². The van der Waals surface area contributed by atoms with Crippen molar-refractivity contribution in [3.63, 3.8) is 0 Å². The smallest absolute Gasteiger partial charge is 0.0780 e. The van der Waals surface area contributed by atoms with Crippen LogP contribution in [-0.2, 0) is 5.41 Å². The fraction of sp³-hybridized carbons (Fsp3) is 0.500. The van der Waals surface area contributed by atoms with Crippen LogP contribution >= 0.6 is 34.3 Å². The largest absolute Gasteiger partial charge is 0.305 e. The topological polar surface area (TPSA) is 12.0 Å². The first kappa shape index (κ1) is 16.0. The third kappa shape index (κ3) is 3.64. The van der Waals surface area contributed by atoms with E-state index in [2.05, 4.69) is 50.5 Å². The summed E-state index contributed by atoms with van der Waals surface area (Å²) in [5.74, 6) is 0. The van der Waals surface area contributed by atoms with Gasteiger partial charge >= 0.3 is 0 Å². The zero-order chi connectivity index (χ0) is 14.8. The molecule has 2 heterocycles. The number of thiophene rings is 2. The fourth-order valence-corrected chi connectivity index (χ4v) is 4.52. The van der Waals surface area contributed by atoms with E-state index < -0.39 is 0 Å². The van der Waals surface area contributed by atoms with E-state index in [9.17, 15) is 0 Å². The van der Waals surface area contributed by atoms with Crippen LogP contribution < -0.4 is 5.32 Å². The van der Waals surface area contributed by atoms with Crippen LogP contribution in [0.15, 0.2) is 23.6 Å². The number of hydrogen-bond donors (Lipinski definition) is 1. The van der Waals surface area contributed by atoms with Crippen LogP contribution in [0.5, 0.6) is 0 Å². The van der Waals surface area contributed by atoms with Gasteiger partial charge in [0.15, 0.2) is 0 Å². The fourth-order valence-electron chi connectivity index (χ4n) is 2.03. The van der Waals surface area contributed by atoms with Crippen molar-refractivity contribution in [2.24, 2.45) is 0 Å². The lowest BCUT2D eigenvalue weighted by molar-refractivity contribution is 0.603. The molecule has 0 amide bonds. The van der Waals surface area contributed by atoms with Crippen molar-refractivity contribution in [3.05, 3.63) is 43.2 Å². The average molecular weight is 328 g/mol. The van der Waals surface area contributed by atoms with Gasteiger partial charge in [0.25, 0.3) is 0 Å². The lowest BCUT2D eigenvalue weighted by atomic mass is 9.95. The predicted octanol–water partition coefficient (Wildman–Crippen LogP) is 5.85. The molecule has 2 aromatic heterocycles. The maximum absolute atomic E-state index is 6.34. The highest BCUT2D eigenvalue weighted by Gasteiger charge is 2.22. The predicted molar refractivity (Wildman–Crippen MR) is 92.5 cm³/mol. The monoisotopic (exact) mass is 327 g/mol. The third-order valence-corrected chi connectivity index (χ3v) is 6.16. The Hall–Kier alpha value is -0.350. The van der Waals surface area contributed by atoms with Crippen molar-refractivity contribution < 1.29 is 0 Å². The Morgan fingerprint density at radius 1 is 1.25 bits per heavy atom. The Morgan fingerprint density at radius 3 is 2.50 bits per heavy atom.